The summed E-state index contributed by atoms with van der Waals surface area (Å²) < 4.78 is 1.42. The van der Waals surface area contributed by atoms with Gasteiger partial charge in [0, 0.05) is 6.54 Å². The Labute approximate surface area is 106 Å². The van der Waals surface area contributed by atoms with Crippen molar-refractivity contribution in [3.8, 4) is 12.3 Å². The van der Waals surface area contributed by atoms with Gasteiger partial charge in [-0.05, 0) is 15.9 Å². The second-order valence-electron chi connectivity index (χ2n) is 3.26. The zero-order valence-corrected chi connectivity index (χ0v) is 10.5. The van der Waals surface area contributed by atoms with Gasteiger partial charge in [0.1, 0.15) is 11.0 Å². The molecule has 1 heterocycles. The normalized spacial score (nSPS) is 11.9. The van der Waals surface area contributed by atoms with E-state index in [4.69, 9.17) is 16.6 Å². The summed E-state index contributed by atoms with van der Waals surface area (Å²) in [4.78, 5) is 11.7. The van der Waals surface area contributed by atoms with E-state index in [0.717, 1.165) is 4.68 Å². The van der Waals surface area contributed by atoms with Crippen molar-refractivity contribution in [2.75, 3.05) is 18.5 Å². The average molecular weight is 302 g/mol. The minimum Gasteiger partial charge on any atom is -0.394 e. The van der Waals surface area contributed by atoms with Gasteiger partial charge >= 0.3 is 0 Å². The average Bonchev–Trinajstić information content (AvgIpc) is 2.34. The van der Waals surface area contributed by atoms with Crippen LogP contribution in [0.25, 0.3) is 0 Å². The molecule has 7 heteroatoms. The van der Waals surface area contributed by atoms with Gasteiger partial charge in [0.15, 0.2) is 0 Å². The Morgan fingerprint density at radius 3 is 3.00 bits per heavy atom. The molecule has 0 spiro atoms. The smallest absolute Gasteiger partial charge is 0.284 e. The van der Waals surface area contributed by atoms with Crippen LogP contribution in [0.2, 0.25) is 0 Å². The van der Waals surface area contributed by atoms with Crippen molar-refractivity contribution in [1.82, 2.24) is 9.78 Å². The predicted octanol–water partition coefficient (Wildman–Crippen LogP) is -0.596. The monoisotopic (exact) mass is 301 g/mol. The number of terminal acetylenes is 1. The lowest BCUT2D eigenvalue weighted by molar-refractivity contribution is 0.105. The van der Waals surface area contributed by atoms with Crippen LogP contribution in [0.5, 0.6) is 0 Å². The summed E-state index contributed by atoms with van der Waals surface area (Å²) in [5.41, 5.74) is 0.0854. The Morgan fingerprint density at radius 2 is 2.41 bits per heavy atom. The molecule has 1 rings (SSSR count). The van der Waals surface area contributed by atoms with Crippen molar-refractivity contribution in [2.24, 2.45) is 0 Å². The third kappa shape index (κ3) is 3.56. The zero-order valence-electron chi connectivity index (χ0n) is 8.93. The molecule has 92 valence electrons. The van der Waals surface area contributed by atoms with Crippen molar-refractivity contribution in [3.05, 3.63) is 21.0 Å². The molecule has 0 aliphatic rings. The van der Waals surface area contributed by atoms with Crippen molar-refractivity contribution in [2.45, 2.75) is 12.6 Å². The van der Waals surface area contributed by atoms with E-state index in [0.29, 0.717) is 5.69 Å². The lowest BCUT2D eigenvalue weighted by atomic mass is 10.3. The summed E-state index contributed by atoms with van der Waals surface area (Å²) in [6, 6.07) is 0. The quantitative estimate of drug-likeness (QED) is 0.633. The fourth-order valence-corrected chi connectivity index (χ4v) is 1.53. The van der Waals surface area contributed by atoms with Crippen molar-refractivity contribution in [3.63, 3.8) is 0 Å². The minimum absolute atomic E-state index is 0.0942. The first-order valence-corrected chi connectivity index (χ1v) is 5.61. The molecular formula is C10H12BrN3O3. The molecule has 0 radical (unpaired) electrons. The van der Waals surface area contributed by atoms with E-state index in [1.165, 1.54) is 6.20 Å². The van der Waals surface area contributed by atoms with Gasteiger partial charge in [0.25, 0.3) is 5.56 Å². The molecule has 0 amide bonds. The van der Waals surface area contributed by atoms with Crippen molar-refractivity contribution in [1.29, 1.82) is 0 Å². The van der Waals surface area contributed by atoms with Gasteiger partial charge in [0.05, 0.1) is 24.6 Å². The summed E-state index contributed by atoms with van der Waals surface area (Å²) in [6.07, 6.45) is 5.62. The number of aromatic nitrogens is 2. The molecule has 1 aromatic rings. The van der Waals surface area contributed by atoms with Gasteiger partial charge in [-0.3, -0.25) is 4.79 Å². The summed E-state index contributed by atoms with van der Waals surface area (Å²) >= 11 is 3.12. The second-order valence-corrected chi connectivity index (χ2v) is 4.05. The Balaban J connectivity index is 2.86. The number of hydrogen-bond acceptors (Lipinski definition) is 5. The van der Waals surface area contributed by atoms with Gasteiger partial charge < -0.3 is 15.5 Å². The van der Waals surface area contributed by atoms with Gasteiger partial charge in [-0.1, -0.05) is 5.92 Å². The molecule has 6 nitrogen and oxygen atoms in total. The number of nitrogens with one attached hydrogen (secondary N) is 1. The molecule has 0 aliphatic heterocycles. The number of nitrogens with zero attached hydrogens (tertiary/aromatic N) is 2. The molecule has 0 aromatic carbocycles. The van der Waals surface area contributed by atoms with Crippen molar-refractivity contribution < 1.29 is 10.2 Å². The highest BCUT2D eigenvalue weighted by molar-refractivity contribution is 9.10. The van der Waals surface area contributed by atoms with E-state index in [9.17, 15) is 4.79 Å². The fourth-order valence-electron chi connectivity index (χ4n) is 1.08. The molecule has 3 N–H and O–H groups in total. The van der Waals surface area contributed by atoms with Gasteiger partial charge in [-0.25, -0.2) is 4.68 Å². The van der Waals surface area contributed by atoms with Crippen LogP contribution < -0.4 is 10.9 Å². The third-order valence-corrected chi connectivity index (χ3v) is 2.73. The highest BCUT2D eigenvalue weighted by Crippen LogP contribution is 2.15. The standard InChI is InChI=1S/C10H12BrN3O3/c1-2-3-14-10(17)9(11)8(5-13-14)12-4-7(16)6-15/h1,5,7,12,15-16H,3-4,6H2. The van der Waals surface area contributed by atoms with E-state index >= 15 is 0 Å². The first-order valence-electron chi connectivity index (χ1n) is 4.82. The van der Waals surface area contributed by atoms with E-state index < -0.39 is 6.10 Å². The largest absolute Gasteiger partial charge is 0.394 e. The molecule has 0 bridgehead atoms. The van der Waals surface area contributed by atoms with Crippen LogP contribution in [0.4, 0.5) is 5.69 Å². The number of aliphatic hydroxyl groups is 2. The minimum atomic E-state index is -0.893. The number of halogens is 1. The Bertz CT molecular complexity index is 481. The second kappa shape index (κ2) is 6.39. The maximum Gasteiger partial charge on any atom is 0.284 e. The lowest BCUT2D eigenvalue weighted by Gasteiger charge is -2.11. The summed E-state index contributed by atoms with van der Waals surface area (Å²) in [5.74, 6) is 2.32. The van der Waals surface area contributed by atoms with E-state index in [1.54, 1.807) is 0 Å². The lowest BCUT2D eigenvalue weighted by Crippen LogP contribution is -2.27. The Kier molecular flexibility index (Phi) is 5.15. The summed E-state index contributed by atoms with van der Waals surface area (Å²) in [5, 5.41) is 24.5. The molecule has 0 fully saturated rings. The van der Waals surface area contributed by atoms with Crippen molar-refractivity contribution >= 4 is 21.6 Å². The maximum atomic E-state index is 11.7. The van der Waals surface area contributed by atoms with Gasteiger partial charge in [-0.2, -0.15) is 5.10 Å². The molecule has 1 aromatic heterocycles. The molecule has 17 heavy (non-hydrogen) atoms. The van der Waals surface area contributed by atoms with E-state index in [-0.39, 0.29) is 29.7 Å². The van der Waals surface area contributed by atoms with Gasteiger partial charge in [0.2, 0.25) is 0 Å². The van der Waals surface area contributed by atoms with E-state index in [2.05, 4.69) is 32.3 Å². The summed E-state index contributed by atoms with van der Waals surface area (Å²) in [7, 11) is 0. The highest BCUT2D eigenvalue weighted by Gasteiger charge is 2.09. The third-order valence-electron chi connectivity index (χ3n) is 1.96. The number of aliphatic hydroxyl groups excluding tert-OH is 2. The number of anilines is 1. The molecule has 0 saturated heterocycles. The van der Waals surface area contributed by atoms with E-state index in [1.807, 2.05) is 0 Å². The van der Waals surface area contributed by atoms with Crippen LogP contribution in [-0.2, 0) is 6.54 Å². The zero-order chi connectivity index (χ0) is 12.8. The fraction of sp³-hybridized carbons (Fsp3) is 0.400. The van der Waals surface area contributed by atoms with Gasteiger partial charge in [-0.15, -0.1) is 6.42 Å². The Hall–Kier alpha value is -1.36. The number of hydrogen-bond donors (Lipinski definition) is 3. The first kappa shape index (κ1) is 13.7. The molecule has 0 saturated carbocycles. The Morgan fingerprint density at radius 1 is 1.71 bits per heavy atom. The SMILES string of the molecule is C#CCn1ncc(NCC(O)CO)c(Br)c1=O. The molecular weight excluding hydrogens is 290 g/mol. The predicted molar refractivity (Wildman–Crippen MR) is 66.6 cm³/mol. The van der Waals surface area contributed by atoms with Crippen LogP contribution in [0.1, 0.15) is 0 Å². The van der Waals surface area contributed by atoms with Crippen LogP contribution in [0, 0.1) is 12.3 Å². The molecule has 1 atom stereocenters. The number of rotatable bonds is 5. The highest BCUT2D eigenvalue weighted by atomic mass is 79.9. The van der Waals surface area contributed by atoms with Crippen LogP contribution in [0.15, 0.2) is 15.5 Å². The van der Waals surface area contributed by atoms with Crippen LogP contribution in [0.3, 0.4) is 0 Å². The van der Waals surface area contributed by atoms with Crippen LogP contribution in [-0.4, -0.2) is 39.2 Å². The molecule has 1 unspecified atom stereocenters. The topological polar surface area (TPSA) is 87.4 Å². The molecule has 0 aliphatic carbocycles. The summed E-state index contributed by atoms with van der Waals surface area (Å²) in [6.45, 7) is -0.140. The first-order chi connectivity index (χ1) is 8.10. The maximum absolute atomic E-state index is 11.7. The van der Waals surface area contributed by atoms with Crippen LogP contribution >= 0.6 is 15.9 Å².